The molecule has 3 rings (SSSR count). The number of halogens is 1. The van der Waals surface area contributed by atoms with E-state index in [9.17, 15) is 4.79 Å². The highest BCUT2D eigenvalue weighted by atomic mass is 35.5. The molecule has 20 heavy (non-hydrogen) atoms. The monoisotopic (exact) mass is 290 g/mol. The van der Waals surface area contributed by atoms with Crippen LogP contribution in [-0.4, -0.2) is 12.4 Å². The van der Waals surface area contributed by atoms with Crippen LogP contribution in [0.1, 0.15) is 43.2 Å². The lowest BCUT2D eigenvalue weighted by molar-refractivity contribution is -0.117. The average molecular weight is 291 g/mol. The van der Waals surface area contributed by atoms with Gasteiger partial charge in [0, 0.05) is 29.8 Å². The van der Waals surface area contributed by atoms with Gasteiger partial charge in [-0.05, 0) is 43.4 Å². The summed E-state index contributed by atoms with van der Waals surface area (Å²) in [7, 11) is 0. The first-order valence-corrected chi connectivity index (χ1v) is 7.74. The van der Waals surface area contributed by atoms with Crippen LogP contribution in [0.25, 0.3) is 0 Å². The van der Waals surface area contributed by atoms with E-state index in [1.54, 1.807) is 0 Å². The van der Waals surface area contributed by atoms with Crippen molar-refractivity contribution >= 4 is 17.4 Å². The summed E-state index contributed by atoms with van der Waals surface area (Å²) in [6.07, 6.45) is 8.82. The van der Waals surface area contributed by atoms with Crippen molar-refractivity contribution in [2.75, 3.05) is 6.61 Å². The maximum Gasteiger partial charge on any atom is 0.141 e. The van der Waals surface area contributed by atoms with Crippen molar-refractivity contribution in [1.29, 1.82) is 0 Å². The lowest BCUT2D eigenvalue weighted by Gasteiger charge is -2.13. The van der Waals surface area contributed by atoms with Crippen molar-refractivity contribution in [3.63, 3.8) is 0 Å². The molecule has 1 aromatic carbocycles. The van der Waals surface area contributed by atoms with Crippen molar-refractivity contribution in [2.45, 2.75) is 44.9 Å². The van der Waals surface area contributed by atoms with E-state index in [2.05, 4.69) is 6.08 Å². The van der Waals surface area contributed by atoms with Gasteiger partial charge in [-0.1, -0.05) is 23.3 Å². The number of ketones is 1. The Hall–Kier alpha value is -1.28. The van der Waals surface area contributed by atoms with Gasteiger partial charge in [-0.3, -0.25) is 4.79 Å². The first kappa shape index (κ1) is 13.7. The van der Waals surface area contributed by atoms with Gasteiger partial charge in [0.1, 0.15) is 11.5 Å². The van der Waals surface area contributed by atoms with Gasteiger partial charge in [-0.25, -0.2) is 0 Å². The number of benzene rings is 1. The molecule has 0 unspecified atom stereocenters. The predicted octanol–water partition coefficient (Wildman–Crippen LogP) is 4.28. The van der Waals surface area contributed by atoms with Crippen LogP contribution < -0.4 is 4.74 Å². The fourth-order valence-corrected chi connectivity index (χ4v) is 3.33. The van der Waals surface area contributed by atoms with Crippen LogP contribution in [-0.2, 0) is 17.6 Å². The molecule has 0 saturated carbocycles. The first-order valence-electron chi connectivity index (χ1n) is 7.36. The van der Waals surface area contributed by atoms with E-state index in [0.717, 1.165) is 36.1 Å². The maximum absolute atomic E-state index is 12.3. The summed E-state index contributed by atoms with van der Waals surface area (Å²) in [4.78, 5) is 12.3. The lowest BCUT2D eigenvalue weighted by atomic mass is 9.93. The lowest BCUT2D eigenvalue weighted by Crippen LogP contribution is -2.07. The zero-order valence-corrected chi connectivity index (χ0v) is 12.3. The molecular weight excluding hydrogens is 272 g/mol. The summed E-state index contributed by atoms with van der Waals surface area (Å²) in [5.41, 5.74) is 3.39. The number of Topliss-reactive ketones (excluding diaryl/α,β-unsaturated/α-hetero) is 1. The third kappa shape index (κ3) is 3.06. The van der Waals surface area contributed by atoms with E-state index in [4.69, 9.17) is 16.3 Å². The second kappa shape index (κ2) is 6.01. The minimum Gasteiger partial charge on any atom is -0.493 e. The molecule has 0 saturated heterocycles. The number of hydrogen-bond donors (Lipinski definition) is 0. The van der Waals surface area contributed by atoms with E-state index in [-0.39, 0.29) is 5.78 Å². The Morgan fingerprint density at radius 3 is 2.90 bits per heavy atom. The zero-order valence-electron chi connectivity index (χ0n) is 11.6. The molecule has 0 spiro atoms. The van der Waals surface area contributed by atoms with Crippen LogP contribution in [0.2, 0.25) is 5.02 Å². The summed E-state index contributed by atoms with van der Waals surface area (Å²) >= 11 is 6.13. The van der Waals surface area contributed by atoms with Gasteiger partial charge >= 0.3 is 0 Å². The molecule has 1 aliphatic heterocycles. The van der Waals surface area contributed by atoms with Crippen LogP contribution in [0.15, 0.2) is 23.8 Å². The molecule has 106 valence electrons. The van der Waals surface area contributed by atoms with Crippen molar-refractivity contribution in [3.05, 3.63) is 39.9 Å². The molecule has 0 N–H and O–H groups in total. The van der Waals surface area contributed by atoms with E-state index in [1.807, 2.05) is 12.1 Å². The van der Waals surface area contributed by atoms with Crippen LogP contribution in [0, 0.1) is 0 Å². The van der Waals surface area contributed by atoms with Crippen LogP contribution in [0.4, 0.5) is 0 Å². The molecule has 1 aliphatic carbocycles. The highest BCUT2D eigenvalue weighted by Crippen LogP contribution is 2.33. The van der Waals surface area contributed by atoms with Gasteiger partial charge in [-0.15, -0.1) is 0 Å². The quantitative estimate of drug-likeness (QED) is 0.774. The minimum atomic E-state index is 0.262. The van der Waals surface area contributed by atoms with Crippen LogP contribution in [0.5, 0.6) is 5.75 Å². The number of rotatable bonds is 4. The van der Waals surface area contributed by atoms with E-state index >= 15 is 0 Å². The number of carbonyl (C=O) groups excluding carboxylic acids is 1. The molecule has 0 fully saturated rings. The third-order valence-corrected chi connectivity index (χ3v) is 4.24. The van der Waals surface area contributed by atoms with Gasteiger partial charge in [0.25, 0.3) is 0 Å². The molecular formula is C17H19ClO2. The smallest absolute Gasteiger partial charge is 0.141 e. The normalized spacial score (nSPS) is 17.4. The van der Waals surface area contributed by atoms with Crippen molar-refractivity contribution in [1.82, 2.24) is 0 Å². The Kier molecular flexibility index (Phi) is 4.11. The molecule has 0 radical (unpaired) electrons. The number of hydrogen-bond acceptors (Lipinski definition) is 2. The molecule has 0 aromatic heterocycles. The van der Waals surface area contributed by atoms with Crippen molar-refractivity contribution in [3.8, 4) is 5.75 Å². The van der Waals surface area contributed by atoms with Gasteiger partial charge in [-0.2, -0.15) is 0 Å². The second-order valence-electron chi connectivity index (χ2n) is 5.65. The number of allylic oxidation sites excluding steroid dienone is 2. The fraction of sp³-hybridized carbons (Fsp3) is 0.471. The van der Waals surface area contributed by atoms with E-state index in [1.165, 1.54) is 18.4 Å². The van der Waals surface area contributed by atoms with Crippen LogP contribution in [0.3, 0.4) is 0 Å². The number of fused-ring (bicyclic) bond motifs is 1. The highest BCUT2D eigenvalue weighted by Gasteiger charge is 2.19. The summed E-state index contributed by atoms with van der Waals surface area (Å²) in [5, 5.41) is 0.703. The summed E-state index contributed by atoms with van der Waals surface area (Å²) < 4.78 is 5.65. The fourth-order valence-electron chi connectivity index (χ4n) is 3.07. The molecule has 3 heteroatoms. The molecule has 2 aliphatic rings. The van der Waals surface area contributed by atoms with Gasteiger partial charge in [0.15, 0.2) is 0 Å². The van der Waals surface area contributed by atoms with E-state index < -0.39 is 0 Å². The highest BCUT2D eigenvalue weighted by molar-refractivity contribution is 6.30. The molecule has 0 amide bonds. The SMILES string of the molecule is O=C(CC1=CCCCC1)Cc1cc(Cl)cc2c1OCC2. The Bertz CT molecular complexity index is 560. The van der Waals surface area contributed by atoms with Crippen LogP contribution >= 0.6 is 11.6 Å². The summed E-state index contributed by atoms with van der Waals surface area (Å²) in [6.45, 7) is 0.696. The van der Waals surface area contributed by atoms with Gasteiger partial charge in [0.2, 0.25) is 0 Å². The van der Waals surface area contributed by atoms with E-state index in [0.29, 0.717) is 24.5 Å². The molecule has 0 bridgehead atoms. The Morgan fingerprint density at radius 2 is 2.10 bits per heavy atom. The molecule has 0 atom stereocenters. The van der Waals surface area contributed by atoms with Crippen molar-refractivity contribution < 1.29 is 9.53 Å². The summed E-state index contributed by atoms with van der Waals surface area (Å²) in [5.74, 6) is 1.15. The first-order chi connectivity index (χ1) is 9.72. The third-order valence-electron chi connectivity index (χ3n) is 4.02. The van der Waals surface area contributed by atoms with Gasteiger partial charge < -0.3 is 4.74 Å². The molecule has 1 aromatic rings. The topological polar surface area (TPSA) is 26.3 Å². The minimum absolute atomic E-state index is 0.262. The Morgan fingerprint density at radius 1 is 1.20 bits per heavy atom. The average Bonchev–Trinajstić information content (AvgIpc) is 2.88. The Labute approximate surface area is 124 Å². The largest absolute Gasteiger partial charge is 0.493 e. The molecule has 1 heterocycles. The standard InChI is InChI=1S/C17H19ClO2/c18-15-9-13-6-7-20-17(13)14(10-15)11-16(19)8-12-4-2-1-3-5-12/h4,9-10H,1-3,5-8,11H2. The summed E-state index contributed by atoms with van der Waals surface area (Å²) in [6, 6.07) is 3.82. The second-order valence-corrected chi connectivity index (χ2v) is 6.09. The zero-order chi connectivity index (χ0) is 13.9. The Balaban J connectivity index is 1.71. The number of ether oxygens (including phenoxy) is 1. The predicted molar refractivity (Wildman–Crippen MR) is 80.5 cm³/mol. The molecule has 2 nitrogen and oxygen atoms in total. The van der Waals surface area contributed by atoms with Gasteiger partial charge in [0.05, 0.1) is 6.61 Å². The van der Waals surface area contributed by atoms with Crippen molar-refractivity contribution in [2.24, 2.45) is 0 Å². The maximum atomic E-state index is 12.3. The number of carbonyl (C=O) groups is 1.